The lowest BCUT2D eigenvalue weighted by molar-refractivity contribution is 0.0418. The molecule has 0 saturated carbocycles. The topological polar surface area (TPSA) is 39.2 Å². The summed E-state index contributed by atoms with van der Waals surface area (Å²) in [6, 6.07) is 0. The van der Waals surface area contributed by atoms with Gasteiger partial charge in [0.2, 0.25) is 0 Å². The maximum absolute atomic E-state index is 10.8. The van der Waals surface area contributed by atoms with Crippen LogP contribution >= 0.6 is 11.3 Å². The molecule has 1 atom stereocenters. The first-order chi connectivity index (χ1) is 7.15. The zero-order chi connectivity index (χ0) is 10.9. The van der Waals surface area contributed by atoms with Gasteiger partial charge in [0.05, 0.1) is 17.2 Å². The number of aldehydes is 1. The fraction of sp³-hybridized carbons (Fsp3) is 0.636. The predicted octanol–water partition coefficient (Wildman–Crippen LogP) is 2.33. The highest BCUT2D eigenvalue weighted by Crippen LogP contribution is 2.35. The van der Waals surface area contributed by atoms with Crippen LogP contribution in [0.4, 0.5) is 0 Å². The minimum Gasteiger partial charge on any atom is -0.380 e. The van der Waals surface area contributed by atoms with Crippen LogP contribution in [0, 0.1) is 6.92 Å². The molecular formula is C11H15NO2S. The van der Waals surface area contributed by atoms with Gasteiger partial charge in [0, 0.05) is 12.0 Å². The van der Waals surface area contributed by atoms with Gasteiger partial charge < -0.3 is 4.74 Å². The van der Waals surface area contributed by atoms with Gasteiger partial charge in [-0.15, -0.1) is 11.3 Å². The van der Waals surface area contributed by atoms with E-state index in [1.807, 2.05) is 6.92 Å². The van der Waals surface area contributed by atoms with Crippen molar-refractivity contribution >= 4 is 17.6 Å². The molecule has 0 aliphatic carbocycles. The fourth-order valence-electron chi connectivity index (χ4n) is 1.88. The fourth-order valence-corrected chi connectivity index (χ4v) is 2.92. The predicted molar refractivity (Wildman–Crippen MR) is 59.6 cm³/mol. The summed E-state index contributed by atoms with van der Waals surface area (Å²) in [5.74, 6) is 0. The molecular weight excluding hydrogens is 210 g/mol. The van der Waals surface area contributed by atoms with Crippen molar-refractivity contribution in [2.24, 2.45) is 0 Å². The molecule has 1 saturated heterocycles. The Labute approximate surface area is 93.5 Å². The number of hydrogen-bond donors (Lipinski definition) is 0. The lowest BCUT2D eigenvalue weighted by atomic mass is 9.85. The van der Waals surface area contributed by atoms with Crippen LogP contribution in [0.1, 0.15) is 40.1 Å². The third kappa shape index (κ3) is 1.96. The standard InChI is InChI=1S/C11H15NO2S/c1-8-9(6-13)15-10(12-8)11(2)4-3-5-14-7-11/h6H,3-5,7H2,1-2H3. The second-order valence-corrected chi connectivity index (χ2v) is 5.33. The molecule has 1 fully saturated rings. The van der Waals surface area contributed by atoms with Gasteiger partial charge in [-0.25, -0.2) is 4.98 Å². The van der Waals surface area contributed by atoms with Crippen LogP contribution in [0.5, 0.6) is 0 Å². The number of carbonyl (C=O) groups excluding carboxylic acids is 1. The highest BCUT2D eigenvalue weighted by Gasteiger charge is 2.33. The first-order valence-corrected chi connectivity index (χ1v) is 5.98. The molecule has 82 valence electrons. The summed E-state index contributed by atoms with van der Waals surface area (Å²) in [5, 5.41) is 1.04. The van der Waals surface area contributed by atoms with Gasteiger partial charge >= 0.3 is 0 Å². The Morgan fingerprint density at radius 2 is 2.40 bits per heavy atom. The van der Waals surface area contributed by atoms with Gasteiger partial charge in [0.1, 0.15) is 5.01 Å². The van der Waals surface area contributed by atoms with Crippen molar-refractivity contribution in [3.05, 3.63) is 15.6 Å². The van der Waals surface area contributed by atoms with E-state index in [1.54, 1.807) is 0 Å². The first kappa shape index (κ1) is 10.8. The molecule has 0 bridgehead atoms. The number of rotatable bonds is 2. The SMILES string of the molecule is Cc1nc(C2(C)CCCOC2)sc1C=O. The molecule has 3 nitrogen and oxygen atoms in total. The monoisotopic (exact) mass is 225 g/mol. The van der Waals surface area contributed by atoms with E-state index in [0.29, 0.717) is 0 Å². The summed E-state index contributed by atoms with van der Waals surface area (Å²) >= 11 is 1.51. The van der Waals surface area contributed by atoms with E-state index in [4.69, 9.17) is 4.74 Å². The third-order valence-corrected chi connectivity index (χ3v) is 4.28. The highest BCUT2D eigenvalue weighted by atomic mass is 32.1. The van der Waals surface area contributed by atoms with Crippen LogP contribution in [0.3, 0.4) is 0 Å². The average Bonchev–Trinajstić information content (AvgIpc) is 2.61. The molecule has 1 aromatic heterocycles. The number of aryl methyl sites for hydroxylation is 1. The molecule has 15 heavy (non-hydrogen) atoms. The summed E-state index contributed by atoms with van der Waals surface area (Å²) in [6.07, 6.45) is 3.06. The molecule has 2 heterocycles. The van der Waals surface area contributed by atoms with Crippen LogP contribution in [0.15, 0.2) is 0 Å². The van der Waals surface area contributed by atoms with E-state index < -0.39 is 0 Å². The van der Waals surface area contributed by atoms with Crippen molar-refractivity contribution in [1.82, 2.24) is 4.98 Å². The molecule has 0 amide bonds. The maximum Gasteiger partial charge on any atom is 0.161 e. The molecule has 4 heteroatoms. The van der Waals surface area contributed by atoms with Gasteiger partial charge in [-0.3, -0.25) is 4.79 Å². The highest BCUT2D eigenvalue weighted by molar-refractivity contribution is 7.13. The number of hydrogen-bond acceptors (Lipinski definition) is 4. The van der Waals surface area contributed by atoms with Crippen molar-refractivity contribution in [2.45, 2.75) is 32.1 Å². The minimum absolute atomic E-state index is 0.00887. The number of thiazole rings is 1. The molecule has 1 aliphatic heterocycles. The molecule has 1 unspecified atom stereocenters. The van der Waals surface area contributed by atoms with Crippen LogP contribution in [-0.4, -0.2) is 24.5 Å². The van der Waals surface area contributed by atoms with E-state index in [9.17, 15) is 4.79 Å². The quantitative estimate of drug-likeness (QED) is 0.725. The average molecular weight is 225 g/mol. The lowest BCUT2D eigenvalue weighted by Gasteiger charge is -2.31. The summed E-state index contributed by atoms with van der Waals surface area (Å²) in [5.41, 5.74) is 0.853. The van der Waals surface area contributed by atoms with E-state index >= 15 is 0 Å². The second kappa shape index (κ2) is 4.02. The van der Waals surface area contributed by atoms with Crippen molar-refractivity contribution in [3.8, 4) is 0 Å². The summed E-state index contributed by atoms with van der Waals surface area (Å²) < 4.78 is 5.50. The maximum atomic E-state index is 10.8. The Kier molecular flexibility index (Phi) is 2.89. The van der Waals surface area contributed by atoms with Crippen LogP contribution in [0.2, 0.25) is 0 Å². The summed E-state index contributed by atoms with van der Waals surface area (Å²) in [4.78, 5) is 16.0. The molecule has 1 aromatic rings. The third-order valence-electron chi connectivity index (χ3n) is 2.89. The summed E-state index contributed by atoms with van der Waals surface area (Å²) in [7, 11) is 0. The Morgan fingerprint density at radius 1 is 1.60 bits per heavy atom. The Balaban J connectivity index is 2.30. The van der Waals surface area contributed by atoms with Crippen molar-refractivity contribution in [2.75, 3.05) is 13.2 Å². The molecule has 0 N–H and O–H groups in total. The van der Waals surface area contributed by atoms with Crippen molar-refractivity contribution in [1.29, 1.82) is 0 Å². The van der Waals surface area contributed by atoms with Gasteiger partial charge in [-0.1, -0.05) is 6.92 Å². The smallest absolute Gasteiger partial charge is 0.161 e. The normalized spacial score (nSPS) is 26.5. The number of aromatic nitrogens is 1. The number of carbonyl (C=O) groups is 1. The van der Waals surface area contributed by atoms with Crippen molar-refractivity contribution in [3.63, 3.8) is 0 Å². The molecule has 1 aliphatic rings. The van der Waals surface area contributed by atoms with E-state index in [-0.39, 0.29) is 5.41 Å². The first-order valence-electron chi connectivity index (χ1n) is 5.16. The van der Waals surface area contributed by atoms with Gasteiger partial charge in [0.25, 0.3) is 0 Å². The minimum atomic E-state index is 0.00887. The zero-order valence-electron chi connectivity index (χ0n) is 9.08. The Morgan fingerprint density at radius 3 is 2.93 bits per heavy atom. The number of nitrogens with zero attached hydrogens (tertiary/aromatic N) is 1. The van der Waals surface area contributed by atoms with E-state index in [1.165, 1.54) is 11.3 Å². The molecule has 0 aromatic carbocycles. The van der Waals surface area contributed by atoms with Gasteiger partial charge in [0.15, 0.2) is 6.29 Å². The molecule has 0 radical (unpaired) electrons. The largest absolute Gasteiger partial charge is 0.380 e. The Hall–Kier alpha value is -0.740. The van der Waals surface area contributed by atoms with Gasteiger partial charge in [-0.2, -0.15) is 0 Å². The van der Waals surface area contributed by atoms with Crippen LogP contribution in [0.25, 0.3) is 0 Å². The molecule has 0 spiro atoms. The second-order valence-electron chi connectivity index (χ2n) is 4.30. The van der Waals surface area contributed by atoms with E-state index in [0.717, 1.165) is 47.9 Å². The zero-order valence-corrected chi connectivity index (χ0v) is 9.89. The van der Waals surface area contributed by atoms with Crippen molar-refractivity contribution < 1.29 is 9.53 Å². The van der Waals surface area contributed by atoms with Crippen LogP contribution in [-0.2, 0) is 10.2 Å². The number of ether oxygens (including phenoxy) is 1. The van der Waals surface area contributed by atoms with Gasteiger partial charge in [-0.05, 0) is 19.8 Å². The summed E-state index contributed by atoms with van der Waals surface area (Å²) in [6.45, 7) is 5.62. The molecule has 2 rings (SSSR count). The lowest BCUT2D eigenvalue weighted by Crippen LogP contribution is -2.32. The van der Waals surface area contributed by atoms with E-state index in [2.05, 4.69) is 11.9 Å². The van der Waals surface area contributed by atoms with Crippen LogP contribution < -0.4 is 0 Å². The Bertz CT molecular complexity index is 367.